The molecule has 28 heavy (non-hydrogen) atoms. The molecule has 0 atom stereocenters. The van der Waals surface area contributed by atoms with Crippen molar-refractivity contribution in [3.8, 4) is 11.5 Å². The molecular weight excluding hydrogens is 376 g/mol. The molecule has 0 amide bonds. The van der Waals surface area contributed by atoms with Gasteiger partial charge >= 0.3 is 0 Å². The van der Waals surface area contributed by atoms with Gasteiger partial charge in [0.25, 0.3) is 0 Å². The van der Waals surface area contributed by atoms with Crippen molar-refractivity contribution in [1.82, 2.24) is 9.21 Å². The Morgan fingerprint density at radius 2 is 1.54 bits per heavy atom. The summed E-state index contributed by atoms with van der Waals surface area (Å²) in [4.78, 5) is 2.44. The fourth-order valence-corrected chi connectivity index (χ4v) is 5.26. The molecule has 2 aromatic rings. The second-order valence-electron chi connectivity index (χ2n) is 7.19. The van der Waals surface area contributed by atoms with E-state index in [0.29, 0.717) is 37.7 Å². The van der Waals surface area contributed by atoms with Gasteiger partial charge in [-0.1, -0.05) is 29.3 Å². The molecule has 0 N–H and O–H groups in total. The molecule has 2 aromatic carbocycles. The average Bonchev–Trinajstić information content (AvgIpc) is 2.67. The summed E-state index contributed by atoms with van der Waals surface area (Å²) in [6.45, 7) is 7.32. The Morgan fingerprint density at radius 1 is 0.893 bits per heavy atom. The maximum atomic E-state index is 13.2. The Morgan fingerprint density at radius 3 is 2.11 bits per heavy atom. The van der Waals surface area contributed by atoms with Crippen molar-refractivity contribution in [3.63, 3.8) is 0 Å². The molecule has 0 spiro atoms. The number of sulfonamides is 1. The van der Waals surface area contributed by atoms with E-state index >= 15 is 0 Å². The SMILES string of the molecule is COc1ccc(OC)c(S(=O)(=O)N2CCN(Cc3cc(C)cc(C)c3)CC2)c1. The summed E-state index contributed by atoms with van der Waals surface area (Å²) in [5.41, 5.74) is 3.77. The third kappa shape index (κ3) is 4.48. The highest BCUT2D eigenvalue weighted by Gasteiger charge is 2.31. The number of piperazine rings is 1. The van der Waals surface area contributed by atoms with E-state index in [1.807, 2.05) is 0 Å². The normalized spacial score (nSPS) is 16.1. The summed E-state index contributed by atoms with van der Waals surface area (Å²) in [6, 6.07) is 11.4. The highest BCUT2D eigenvalue weighted by molar-refractivity contribution is 7.89. The van der Waals surface area contributed by atoms with Crippen LogP contribution in [0.15, 0.2) is 41.3 Å². The molecule has 1 heterocycles. The van der Waals surface area contributed by atoms with Crippen LogP contribution < -0.4 is 9.47 Å². The lowest BCUT2D eigenvalue weighted by molar-refractivity contribution is 0.181. The van der Waals surface area contributed by atoms with Crippen molar-refractivity contribution >= 4 is 10.0 Å². The van der Waals surface area contributed by atoms with Crippen molar-refractivity contribution in [1.29, 1.82) is 0 Å². The lowest BCUT2D eigenvalue weighted by atomic mass is 10.1. The number of aryl methyl sites for hydroxylation is 2. The van der Waals surface area contributed by atoms with E-state index in [1.165, 1.54) is 41.3 Å². The number of rotatable bonds is 6. The van der Waals surface area contributed by atoms with Crippen LogP contribution in [0.3, 0.4) is 0 Å². The summed E-state index contributed by atoms with van der Waals surface area (Å²) in [6.07, 6.45) is 0. The van der Waals surface area contributed by atoms with Crippen LogP contribution in [0.5, 0.6) is 11.5 Å². The maximum Gasteiger partial charge on any atom is 0.246 e. The molecule has 0 radical (unpaired) electrons. The van der Waals surface area contributed by atoms with Crippen LogP contribution in [0.2, 0.25) is 0 Å². The van der Waals surface area contributed by atoms with Crippen LogP contribution in [0, 0.1) is 13.8 Å². The molecule has 1 saturated heterocycles. The summed E-state index contributed by atoms with van der Waals surface area (Å²) in [5.74, 6) is 0.825. The second kappa shape index (κ2) is 8.51. The number of methoxy groups -OCH3 is 2. The molecule has 6 nitrogen and oxygen atoms in total. The molecule has 7 heteroatoms. The first-order valence-corrected chi connectivity index (χ1v) is 10.8. The molecule has 1 aliphatic rings. The molecular formula is C21H28N2O4S. The zero-order valence-electron chi connectivity index (χ0n) is 16.9. The number of hydrogen-bond donors (Lipinski definition) is 0. The van der Waals surface area contributed by atoms with E-state index in [1.54, 1.807) is 12.1 Å². The van der Waals surface area contributed by atoms with E-state index in [9.17, 15) is 8.42 Å². The van der Waals surface area contributed by atoms with Crippen LogP contribution in [-0.2, 0) is 16.6 Å². The van der Waals surface area contributed by atoms with Gasteiger partial charge < -0.3 is 9.47 Å². The molecule has 0 unspecified atom stereocenters. The largest absolute Gasteiger partial charge is 0.497 e. The molecule has 0 bridgehead atoms. The number of hydrogen-bond acceptors (Lipinski definition) is 5. The number of ether oxygens (including phenoxy) is 2. The first-order chi connectivity index (χ1) is 13.3. The van der Waals surface area contributed by atoms with Crippen molar-refractivity contribution in [2.75, 3.05) is 40.4 Å². The van der Waals surface area contributed by atoms with Crippen LogP contribution in [0.25, 0.3) is 0 Å². The van der Waals surface area contributed by atoms with Gasteiger partial charge in [-0.25, -0.2) is 8.42 Å². The monoisotopic (exact) mass is 404 g/mol. The van der Waals surface area contributed by atoms with Crippen molar-refractivity contribution < 1.29 is 17.9 Å². The lowest BCUT2D eigenvalue weighted by Crippen LogP contribution is -2.48. The number of benzene rings is 2. The fourth-order valence-electron chi connectivity index (χ4n) is 3.67. The van der Waals surface area contributed by atoms with Gasteiger partial charge in [-0.05, 0) is 31.5 Å². The summed E-state index contributed by atoms with van der Waals surface area (Å²) < 4.78 is 38.3. The molecule has 0 aromatic heterocycles. The zero-order valence-corrected chi connectivity index (χ0v) is 17.8. The average molecular weight is 405 g/mol. The standard InChI is InChI=1S/C21H28N2O4S/c1-16-11-17(2)13-18(12-16)15-22-7-9-23(10-8-22)28(24,25)21-14-19(26-3)5-6-20(21)27-4/h5-6,11-14H,7-10,15H2,1-4H3. The fraction of sp³-hybridized carbons (Fsp3) is 0.429. The van der Waals surface area contributed by atoms with Gasteiger partial charge in [-0.3, -0.25) is 4.90 Å². The van der Waals surface area contributed by atoms with E-state index in [4.69, 9.17) is 9.47 Å². The van der Waals surface area contributed by atoms with Crippen LogP contribution >= 0.6 is 0 Å². The van der Waals surface area contributed by atoms with Crippen molar-refractivity contribution in [3.05, 3.63) is 53.1 Å². The molecule has 0 saturated carbocycles. The Bertz CT molecular complexity index is 915. The summed E-state index contributed by atoms with van der Waals surface area (Å²) >= 11 is 0. The second-order valence-corrected chi connectivity index (χ2v) is 9.10. The number of nitrogens with zero attached hydrogens (tertiary/aromatic N) is 2. The Labute approximate surface area is 167 Å². The van der Waals surface area contributed by atoms with Gasteiger partial charge in [0.15, 0.2) is 0 Å². The first-order valence-electron chi connectivity index (χ1n) is 9.35. The summed E-state index contributed by atoms with van der Waals surface area (Å²) in [7, 11) is -0.653. The Kier molecular flexibility index (Phi) is 6.27. The predicted molar refractivity (Wildman–Crippen MR) is 109 cm³/mol. The lowest BCUT2D eigenvalue weighted by Gasteiger charge is -2.34. The van der Waals surface area contributed by atoms with Gasteiger partial charge in [0.05, 0.1) is 14.2 Å². The van der Waals surface area contributed by atoms with Crippen molar-refractivity contribution in [2.45, 2.75) is 25.3 Å². The minimum atomic E-state index is -3.65. The molecule has 1 aliphatic heterocycles. The van der Waals surface area contributed by atoms with E-state index in [-0.39, 0.29) is 4.90 Å². The summed E-state index contributed by atoms with van der Waals surface area (Å²) in [5, 5.41) is 0. The van der Waals surface area contributed by atoms with Crippen molar-refractivity contribution in [2.24, 2.45) is 0 Å². The van der Waals surface area contributed by atoms with Crippen LogP contribution in [-0.4, -0.2) is 58.0 Å². The van der Waals surface area contributed by atoms with Gasteiger partial charge in [-0.2, -0.15) is 4.31 Å². The van der Waals surface area contributed by atoms with Crippen LogP contribution in [0.4, 0.5) is 0 Å². The molecule has 0 aliphatic carbocycles. The maximum absolute atomic E-state index is 13.2. The van der Waals surface area contributed by atoms with E-state index in [2.05, 4.69) is 36.9 Å². The molecule has 152 valence electrons. The van der Waals surface area contributed by atoms with E-state index < -0.39 is 10.0 Å². The third-order valence-electron chi connectivity index (χ3n) is 5.01. The van der Waals surface area contributed by atoms with E-state index in [0.717, 1.165) is 6.54 Å². The highest BCUT2D eigenvalue weighted by atomic mass is 32.2. The highest BCUT2D eigenvalue weighted by Crippen LogP contribution is 2.31. The van der Waals surface area contributed by atoms with Gasteiger partial charge in [0.1, 0.15) is 16.4 Å². The topological polar surface area (TPSA) is 59.1 Å². The minimum absolute atomic E-state index is 0.150. The quantitative estimate of drug-likeness (QED) is 0.741. The van der Waals surface area contributed by atoms with Gasteiger partial charge in [-0.15, -0.1) is 0 Å². The minimum Gasteiger partial charge on any atom is -0.497 e. The molecule has 3 rings (SSSR count). The first kappa shape index (κ1) is 20.6. The Balaban J connectivity index is 1.72. The predicted octanol–water partition coefficient (Wildman–Crippen LogP) is 2.83. The zero-order chi connectivity index (χ0) is 20.3. The van der Waals surface area contributed by atoms with Gasteiger partial charge in [0, 0.05) is 38.8 Å². The smallest absolute Gasteiger partial charge is 0.246 e. The molecule has 1 fully saturated rings. The van der Waals surface area contributed by atoms with Crippen LogP contribution in [0.1, 0.15) is 16.7 Å². The van der Waals surface area contributed by atoms with Gasteiger partial charge in [0.2, 0.25) is 10.0 Å². The Hall–Kier alpha value is -2.09. The third-order valence-corrected chi connectivity index (χ3v) is 6.93.